The van der Waals surface area contributed by atoms with Crippen LogP contribution in [0, 0.1) is 0 Å². The maximum absolute atomic E-state index is 14.3. The monoisotopic (exact) mass is 691 g/mol. The Morgan fingerprint density at radius 2 is 1.59 bits per heavy atom. The number of hydrogen-bond donors (Lipinski definition) is 1. The Morgan fingerprint density at radius 3 is 2.17 bits per heavy atom. The highest BCUT2D eigenvalue weighted by molar-refractivity contribution is 7.92. The molecule has 248 valence electrons. The van der Waals surface area contributed by atoms with Crippen LogP contribution in [0.2, 0.25) is 10.0 Å². The van der Waals surface area contributed by atoms with Crippen molar-refractivity contribution in [2.75, 3.05) is 31.7 Å². The van der Waals surface area contributed by atoms with E-state index in [4.69, 9.17) is 37.4 Å². The van der Waals surface area contributed by atoms with Crippen LogP contribution in [0.4, 0.5) is 5.69 Å². The van der Waals surface area contributed by atoms with E-state index in [1.165, 1.54) is 37.3 Å². The van der Waals surface area contributed by atoms with Gasteiger partial charge in [-0.3, -0.25) is 13.9 Å². The summed E-state index contributed by atoms with van der Waals surface area (Å²) in [6.07, 6.45) is 3.75. The van der Waals surface area contributed by atoms with Crippen LogP contribution in [0.25, 0.3) is 0 Å². The van der Waals surface area contributed by atoms with Gasteiger partial charge in [-0.25, -0.2) is 8.42 Å². The highest BCUT2D eigenvalue weighted by Crippen LogP contribution is 2.33. The zero-order valence-corrected chi connectivity index (χ0v) is 28.6. The summed E-state index contributed by atoms with van der Waals surface area (Å²) >= 11 is 13.0. The van der Waals surface area contributed by atoms with E-state index in [-0.39, 0.29) is 34.8 Å². The molecule has 0 radical (unpaired) electrons. The molecule has 4 rings (SSSR count). The van der Waals surface area contributed by atoms with Gasteiger partial charge in [-0.05, 0) is 75.2 Å². The van der Waals surface area contributed by atoms with E-state index in [9.17, 15) is 18.0 Å². The summed E-state index contributed by atoms with van der Waals surface area (Å²) in [5.41, 5.74) is 0.653. The third-order valence-corrected chi connectivity index (χ3v) is 10.4. The molecule has 0 bridgehead atoms. The van der Waals surface area contributed by atoms with Crippen molar-refractivity contribution in [3.8, 4) is 17.2 Å². The number of hydrogen-bond acceptors (Lipinski definition) is 7. The minimum atomic E-state index is -4.36. The van der Waals surface area contributed by atoms with E-state index in [0.29, 0.717) is 33.7 Å². The molecule has 3 aromatic carbocycles. The average molecular weight is 693 g/mol. The molecule has 3 aromatic rings. The molecule has 1 fully saturated rings. The Kier molecular flexibility index (Phi) is 12.0. The molecule has 0 heterocycles. The molecule has 1 N–H and O–H groups in total. The van der Waals surface area contributed by atoms with E-state index in [1.807, 2.05) is 6.92 Å². The lowest BCUT2D eigenvalue weighted by Crippen LogP contribution is -2.52. The van der Waals surface area contributed by atoms with E-state index < -0.39 is 28.5 Å². The molecule has 1 aliphatic rings. The van der Waals surface area contributed by atoms with Gasteiger partial charge in [0, 0.05) is 34.3 Å². The van der Waals surface area contributed by atoms with Gasteiger partial charge in [0.25, 0.3) is 10.0 Å². The number of ether oxygens (including phenoxy) is 3. The van der Waals surface area contributed by atoms with Gasteiger partial charge in [0.1, 0.15) is 18.3 Å². The maximum Gasteiger partial charge on any atom is 0.264 e. The van der Waals surface area contributed by atoms with Crippen LogP contribution in [0.3, 0.4) is 0 Å². The zero-order chi connectivity index (χ0) is 33.4. The molecular weight excluding hydrogens is 653 g/mol. The molecule has 1 aliphatic carbocycles. The summed E-state index contributed by atoms with van der Waals surface area (Å²) in [5, 5.41) is 3.67. The largest absolute Gasteiger partial charge is 0.494 e. The van der Waals surface area contributed by atoms with Crippen molar-refractivity contribution in [2.45, 2.75) is 63.1 Å². The van der Waals surface area contributed by atoms with Gasteiger partial charge < -0.3 is 24.4 Å². The summed E-state index contributed by atoms with van der Waals surface area (Å²) < 4.78 is 45.7. The summed E-state index contributed by atoms with van der Waals surface area (Å²) in [4.78, 5) is 28.9. The first-order chi connectivity index (χ1) is 22.0. The van der Waals surface area contributed by atoms with Crippen molar-refractivity contribution in [2.24, 2.45) is 0 Å². The van der Waals surface area contributed by atoms with Crippen LogP contribution in [-0.4, -0.2) is 64.6 Å². The maximum atomic E-state index is 14.3. The summed E-state index contributed by atoms with van der Waals surface area (Å²) in [6, 6.07) is 14.6. The lowest BCUT2D eigenvalue weighted by atomic mass is 10.1. The summed E-state index contributed by atoms with van der Waals surface area (Å²) in [5.74, 6) is 0.0961. The Morgan fingerprint density at radius 1 is 0.957 bits per heavy atom. The van der Waals surface area contributed by atoms with Crippen LogP contribution < -0.4 is 23.8 Å². The van der Waals surface area contributed by atoms with E-state index in [0.717, 1.165) is 30.0 Å². The topological polar surface area (TPSA) is 114 Å². The van der Waals surface area contributed by atoms with Crippen LogP contribution in [0.1, 0.15) is 45.1 Å². The van der Waals surface area contributed by atoms with Crippen LogP contribution >= 0.6 is 23.2 Å². The number of anilines is 1. The number of carbonyl (C=O) groups is 2. The fourth-order valence-corrected chi connectivity index (χ4v) is 7.28. The van der Waals surface area contributed by atoms with Crippen molar-refractivity contribution in [1.29, 1.82) is 0 Å². The number of rotatable bonds is 14. The Bertz CT molecular complexity index is 1610. The van der Waals surface area contributed by atoms with E-state index >= 15 is 0 Å². The lowest BCUT2D eigenvalue weighted by Gasteiger charge is -2.33. The minimum absolute atomic E-state index is 0.0154. The van der Waals surface area contributed by atoms with Gasteiger partial charge in [0.15, 0.2) is 11.5 Å². The number of methoxy groups -OCH3 is 2. The highest BCUT2D eigenvalue weighted by atomic mass is 35.5. The standard InChI is InChI=1S/C33H39Cl2N3O7S/c1-5-45-25-15-13-24(14-16-25)38(46(41,42)26-17-18-30(43-3)31(19-26)44-4)21-32(39)37(20-27-28(34)11-8-12-29(27)35)22(2)33(40)36-23-9-6-7-10-23/h8,11-19,22-23H,5-7,9-10,20-21H2,1-4H3,(H,36,40). The lowest BCUT2D eigenvalue weighted by molar-refractivity contribution is -0.139. The number of nitrogens with one attached hydrogen (secondary N) is 1. The molecular formula is C33H39Cl2N3O7S. The second kappa shape index (κ2) is 15.8. The fourth-order valence-electron chi connectivity index (χ4n) is 5.34. The van der Waals surface area contributed by atoms with Crippen molar-refractivity contribution in [3.63, 3.8) is 0 Å². The van der Waals surface area contributed by atoms with Gasteiger partial charge in [0.05, 0.1) is 31.4 Å². The SMILES string of the molecule is CCOc1ccc(N(CC(=O)N(Cc2c(Cl)cccc2Cl)C(C)C(=O)NC2CCCC2)S(=O)(=O)c2ccc(OC)c(OC)c2)cc1. The number of benzene rings is 3. The quantitative estimate of drug-likeness (QED) is 0.218. The van der Waals surface area contributed by atoms with Gasteiger partial charge in [-0.1, -0.05) is 42.1 Å². The molecule has 13 heteroatoms. The number of carbonyl (C=O) groups excluding carboxylic acids is 2. The number of amides is 2. The first-order valence-electron chi connectivity index (χ1n) is 15.0. The molecule has 1 saturated carbocycles. The van der Waals surface area contributed by atoms with Crippen molar-refractivity contribution >= 4 is 50.7 Å². The van der Waals surface area contributed by atoms with Gasteiger partial charge in [-0.15, -0.1) is 0 Å². The fraction of sp³-hybridized carbons (Fsp3) is 0.394. The predicted octanol–water partition coefficient (Wildman–Crippen LogP) is 6.08. The zero-order valence-electron chi connectivity index (χ0n) is 26.3. The van der Waals surface area contributed by atoms with Crippen LogP contribution in [-0.2, 0) is 26.2 Å². The predicted molar refractivity (Wildman–Crippen MR) is 179 cm³/mol. The molecule has 0 aromatic heterocycles. The summed E-state index contributed by atoms with van der Waals surface area (Å²) in [6.45, 7) is 3.12. The normalized spacial score (nSPS) is 14.0. The molecule has 0 saturated heterocycles. The van der Waals surface area contributed by atoms with Crippen molar-refractivity contribution in [3.05, 3.63) is 76.3 Å². The number of nitrogens with zero attached hydrogens (tertiary/aromatic N) is 2. The second-order valence-electron chi connectivity index (χ2n) is 10.8. The molecule has 1 unspecified atom stereocenters. The first kappa shape index (κ1) is 35.2. The van der Waals surface area contributed by atoms with Crippen molar-refractivity contribution in [1.82, 2.24) is 10.2 Å². The smallest absolute Gasteiger partial charge is 0.264 e. The summed E-state index contributed by atoms with van der Waals surface area (Å²) in [7, 11) is -1.52. The van der Waals surface area contributed by atoms with E-state index in [1.54, 1.807) is 49.4 Å². The number of sulfonamides is 1. The molecule has 1 atom stereocenters. The van der Waals surface area contributed by atoms with Crippen LogP contribution in [0.5, 0.6) is 17.2 Å². The minimum Gasteiger partial charge on any atom is -0.494 e. The van der Waals surface area contributed by atoms with Gasteiger partial charge in [-0.2, -0.15) is 0 Å². The second-order valence-corrected chi connectivity index (χ2v) is 13.5. The Hall–Kier alpha value is -3.67. The van der Waals surface area contributed by atoms with Gasteiger partial charge >= 0.3 is 0 Å². The molecule has 0 spiro atoms. The molecule has 2 amide bonds. The third-order valence-electron chi connectivity index (χ3n) is 7.92. The molecule has 0 aliphatic heterocycles. The van der Waals surface area contributed by atoms with Crippen molar-refractivity contribution < 1.29 is 32.2 Å². The van der Waals surface area contributed by atoms with Crippen LogP contribution in [0.15, 0.2) is 65.6 Å². The average Bonchev–Trinajstić information content (AvgIpc) is 3.56. The first-order valence-corrected chi connectivity index (χ1v) is 17.2. The Labute approximate surface area is 280 Å². The highest BCUT2D eigenvalue weighted by Gasteiger charge is 2.34. The third kappa shape index (κ3) is 8.18. The van der Waals surface area contributed by atoms with E-state index in [2.05, 4.69) is 5.32 Å². The molecule has 10 nitrogen and oxygen atoms in total. The van der Waals surface area contributed by atoms with Gasteiger partial charge in [0.2, 0.25) is 11.8 Å². The molecule has 46 heavy (non-hydrogen) atoms. The number of halogens is 2. The Balaban J connectivity index is 1.75.